The molecule has 3 heterocycles. The third kappa shape index (κ3) is 6.10. The van der Waals surface area contributed by atoms with E-state index in [0.29, 0.717) is 11.9 Å². The van der Waals surface area contributed by atoms with Crippen molar-refractivity contribution < 1.29 is 4.79 Å². The minimum atomic E-state index is 0. The van der Waals surface area contributed by atoms with Crippen LogP contribution < -0.4 is 5.32 Å². The number of carbonyl (C=O) groups is 1. The first-order chi connectivity index (χ1) is 11.2. The van der Waals surface area contributed by atoms with Crippen LogP contribution in [0.25, 0.3) is 0 Å². The highest BCUT2D eigenvalue weighted by atomic mass is 35.5. The van der Waals surface area contributed by atoms with Crippen molar-refractivity contribution in [2.45, 2.75) is 31.7 Å². The summed E-state index contributed by atoms with van der Waals surface area (Å²) in [5.74, 6) is 0.532. The van der Waals surface area contributed by atoms with Gasteiger partial charge in [0, 0.05) is 57.6 Å². The van der Waals surface area contributed by atoms with Crippen LogP contribution in [0.2, 0.25) is 0 Å². The second-order valence-corrected chi connectivity index (χ2v) is 6.78. The molecule has 25 heavy (non-hydrogen) atoms. The van der Waals surface area contributed by atoms with Crippen LogP contribution in [-0.4, -0.2) is 66.5 Å². The lowest BCUT2D eigenvalue weighted by Gasteiger charge is -2.37. The van der Waals surface area contributed by atoms with E-state index in [9.17, 15) is 4.79 Å². The van der Waals surface area contributed by atoms with E-state index in [1.54, 1.807) is 0 Å². The topological polar surface area (TPSA) is 48.5 Å². The summed E-state index contributed by atoms with van der Waals surface area (Å²) in [6, 6.07) is 6.51. The fourth-order valence-electron chi connectivity index (χ4n) is 3.68. The highest BCUT2D eigenvalue weighted by Gasteiger charge is 2.30. The molecule has 5 nitrogen and oxygen atoms in total. The number of pyridine rings is 1. The van der Waals surface area contributed by atoms with E-state index in [2.05, 4.69) is 21.3 Å². The zero-order valence-corrected chi connectivity index (χ0v) is 16.5. The molecule has 0 spiro atoms. The third-order valence-corrected chi connectivity index (χ3v) is 5.27. The largest absolute Gasteiger partial charge is 0.342 e. The first kappa shape index (κ1) is 22.2. The zero-order valence-electron chi connectivity index (χ0n) is 14.9. The molecule has 2 aliphatic heterocycles. The molecule has 2 fully saturated rings. The average molecular weight is 389 g/mol. The quantitative estimate of drug-likeness (QED) is 0.837. The maximum Gasteiger partial charge on any atom is 0.227 e. The number of rotatable bonds is 5. The fraction of sp³-hybridized carbons (Fsp3) is 0.667. The molecule has 0 aliphatic carbocycles. The molecule has 1 aromatic heterocycles. The monoisotopic (exact) mass is 388 g/mol. The lowest BCUT2D eigenvalue weighted by Crippen LogP contribution is -2.47. The van der Waals surface area contributed by atoms with E-state index in [1.807, 2.05) is 30.3 Å². The van der Waals surface area contributed by atoms with Gasteiger partial charge in [-0.3, -0.25) is 9.78 Å². The van der Waals surface area contributed by atoms with E-state index in [1.165, 1.54) is 0 Å². The summed E-state index contributed by atoms with van der Waals surface area (Å²) in [6.45, 7) is 5.06. The van der Waals surface area contributed by atoms with Gasteiger partial charge in [0.15, 0.2) is 0 Å². The van der Waals surface area contributed by atoms with Crippen molar-refractivity contribution >= 4 is 30.7 Å². The summed E-state index contributed by atoms with van der Waals surface area (Å²) in [5.41, 5.74) is 1.16. The first-order valence-electron chi connectivity index (χ1n) is 8.83. The normalized spacial score (nSPS) is 21.2. The van der Waals surface area contributed by atoms with Crippen molar-refractivity contribution in [2.24, 2.45) is 5.92 Å². The van der Waals surface area contributed by atoms with Gasteiger partial charge in [0.05, 0.1) is 5.92 Å². The molecule has 1 amide bonds. The van der Waals surface area contributed by atoms with E-state index in [-0.39, 0.29) is 30.7 Å². The highest BCUT2D eigenvalue weighted by molar-refractivity contribution is 5.85. The Hall–Kier alpha value is -0.880. The number of nitrogens with zero attached hydrogens (tertiary/aromatic N) is 3. The number of amides is 1. The van der Waals surface area contributed by atoms with Gasteiger partial charge in [0.25, 0.3) is 0 Å². The minimum absolute atomic E-state index is 0. The molecule has 0 saturated carbocycles. The summed E-state index contributed by atoms with van der Waals surface area (Å²) in [5, 5.41) is 3.29. The van der Waals surface area contributed by atoms with Gasteiger partial charge < -0.3 is 15.1 Å². The average Bonchev–Trinajstić information content (AvgIpc) is 3.15. The van der Waals surface area contributed by atoms with E-state index in [4.69, 9.17) is 0 Å². The van der Waals surface area contributed by atoms with Crippen molar-refractivity contribution in [1.29, 1.82) is 0 Å². The summed E-state index contributed by atoms with van der Waals surface area (Å²) in [6.07, 6.45) is 6.04. The highest BCUT2D eigenvalue weighted by Crippen LogP contribution is 2.19. The Morgan fingerprint density at radius 1 is 1.28 bits per heavy atom. The van der Waals surface area contributed by atoms with Crippen molar-refractivity contribution in [2.75, 3.05) is 39.8 Å². The lowest BCUT2D eigenvalue weighted by molar-refractivity contribution is -0.136. The summed E-state index contributed by atoms with van der Waals surface area (Å²) < 4.78 is 0. The molecule has 1 N–H and O–H groups in total. The Labute approximate surface area is 163 Å². The Kier molecular flexibility index (Phi) is 9.72. The summed E-state index contributed by atoms with van der Waals surface area (Å²) >= 11 is 0. The summed E-state index contributed by atoms with van der Waals surface area (Å²) in [7, 11) is 1.99. The van der Waals surface area contributed by atoms with Gasteiger partial charge in [-0.25, -0.2) is 0 Å². The molecular weight excluding hydrogens is 359 g/mol. The summed E-state index contributed by atoms with van der Waals surface area (Å²) in [4.78, 5) is 21.4. The van der Waals surface area contributed by atoms with Gasteiger partial charge in [-0.2, -0.15) is 0 Å². The molecule has 1 atom stereocenters. The molecule has 0 bridgehead atoms. The molecule has 2 aliphatic rings. The van der Waals surface area contributed by atoms with Crippen LogP contribution in [0.5, 0.6) is 0 Å². The Morgan fingerprint density at radius 2 is 2.04 bits per heavy atom. The maximum absolute atomic E-state index is 12.5. The third-order valence-electron chi connectivity index (χ3n) is 5.27. The van der Waals surface area contributed by atoms with Gasteiger partial charge in [0.1, 0.15) is 0 Å². The van der Waals surface area contributed by atoms with Crippen LogP contribution in [0.4, 0.5) is 0 Å². The van der Waals surface area contributed by atoms with Crippen LogP contribution in [0.15, 0.2) is 24.4 Å². The second-order valence-electron chi connectivity index (χ2n) is 6.78. The SMILES string of the molecule is CN(C(=O)C1CCNC1)C1CCN(CCc2ccccn2)CC1.Cl.Cl. The Morgan fingerprint density at radius 3 is 2.64 bits per heavy atom. The number of nitrogens with one attached hydrogen (secondary N) is 1. The molecule has 3 rings (SSSR count). The van der Waals surface area contributed by atoms with Gasteiger partial charge in [-0.05, 0) is 37.9 Å². The van der Waals surface area contributed by atoms with Gasteiger partial charge in [0.2, 0.25) is 5.91 Å². The Bertz CT molecular complexity index is 503. The van der Waals surface area contributed by atoms with Crippen LogP contribution in [0.1, 0.15) is 25.0 Å². The van der Waals surface area contributed by atoms with Crippen molar-refractivity contribution in [1.82, 2.24) is 20.1 Å². The number of piperidine rings is 1. The van der Waals surface area contributed by atoms with E-state index < -0.39 is 0 Å². The molecule has 1 unspecified atom stereocenters. The number of halogens is 2. The van der Waals surface area contributed by atoms with Crippen molar-refractivity contribution in [3.63, 3.8) is 0 Å². The second kappa shape index (κ2) is 11.0. The first-order valence-corrected chi connectivity index (χ1v) is 8.83. The van der Waals surface area contributed by atoms with Gasteiger partial charge >= 0.3 is 0 Å². The molecular formula is C18H30Cl2N4O. The number of likely N-dealkylation sites (tertiary alicyclic amines) is 1. The van der Waals surface area contributed by atoms with Crippen LogP contribution in [0.3, 0.4) is 0 Å². The standard InChI is InChI=1S/C18H28N4O.2ClH/c1-21(18(23)15-5-10-19-14-15)17-7-12-22(13-8-17)11-6-16-4-2-3-9-20-16;;/h2-4,9,15,17,19H,5-8,10-14H2,1H3;2*1H. The molecule has 7 heteroatoms. The van der Waals surface area contributed by atoms with E-state index >= 15 is 0 Å². The van der Waals surface area contributed by atoms with Gasteiger partial charge in [-0.15, -0.1) is 24.8 Å². The number of hydrogen-bond acceptors (Lipinski definition) is 4. The zero-order chi connectivity index (χ0) is 16.1. The number of aromatic nitrogens is 1. The van der Waals surface area contributed by atoms with Crippen LogP contribution in [-0.2, 0) is 11.2 Å². The predicted octanol–water partition coefficient (Wildman–Crippen LogP) is 2.00. The molecule has 1 aromatic rings. The lowest BCUT2D eigenvalue weighted by atomic mass is 10.0. The smallest absolute Gasteiger partial charge is 0.227 e. The predicted molar refractivity (Wildman–Crippen MR) is 106 cm³/mol. The number of hydrogen-bond donors (Lipinski definition) is 1. The van der Waals surface area contributed by atoms with Crippen molar-refractivity contribution in [3.05, 3.63) is 30.1 Å². The maximum atomic E-state index is 12.5. The molecule has 0 radical (unpaired) electrons. The number of carbonyl (C=O) groups excluding carboxylic acids is 1. The molecule has 2 saturated heterocycles. The van der Waals surface area contributed by atoms with Crippen molar-refractivity contribution in [3.8, 4) is 0 Å². The van der Waals surface area contributed by atoms with Gasteiger partial charge in [-0.1, -0.05) is 6.07 Å². The minimum Gasteiger partial charge on any atom is -0.342 e. The molecule has 0 aromatic carbocycles. The van der Waals surface area contributed by atoms with Crippen LogP contribution >= 0.6 is 24.8 Å². The van der Waals surface area contributed by atoms with Crippen LogP contribution in [0, 0.1) is 5.92 Å². The van der Waals surface area contributed by atoms with E-state index in [0.717, 1.165) is 64.1 Å². The Balaban J connectivity index is 0.00000156. The molecule has 142 valence electrons. The fourth-order valence-corrected chi connectivity index (χ4v) is 3.68.